The summed E-state index contributed by atoms with van der Waals surface area (Å²) in [4.78, 5) is 23.6. The van der Waals surface area contributed by atoms with E-state index in [1.54, 1.807) is 12.4 Å². The standard InChI is InChI=1S/C19H27N5O2/c1-13-15(21-8-7-20-13)6-5-14-12-26-10-9-24(14)18(25)16-11-17(23-22-16)19(2,3)4/h7-8,11,14H,5-6,9-10,12H2,1-4H3,(H,22,23). The zero-order valence-electron chi connectivity index (χ0n) is 16.0. The zero-order chi connectivity index (χ0) is 18.7. The van der Waals surface area contributed by atoms with Gasteiger partial charge in [0.2, 0.25) is 0 Å². The molecule has 140 valence electrons. The second kappa shape index (κ2) is 7.53. The van der Waals surface area contributed by atoms with Crippen LogP contribution in [0.3, 0.4) is 0 Å². The highest BCUT2D eigenvalue weighted by Gasteiger charge is 2.30. The minimum atomic E-state index is -0.0700. The lowest BCUT2D eigenvalue weighted by molar-refractivity contribution is -0.00444. The number of ether oxygens (including phenoxy) is 1. The number of aromatic nitrogens is 4. The molecule has 0 spiro atoms. The van der Waals surface area contributed by atoms with Crippen molar-refractivity contribution in [3.05, 3.63) is 41.2 Å². The number of H-pyrrole nitrogens is 1. The number of aryl methyl sites for hydroxylation is 2. The van der Waals surface area contributed by atoms with Gasteiger partial charge in [0, 0.05) is 30.0 Å². The van der Waals surface area contributed by atoms with Crippen molar-refractivity contribution in [1.82, 2.24) is 25.1 Å². The number of amides is 1. The van der Waals surface area contributed by atoms with E-state index in [4.69, 9.17) is 4.74 Å². The van der Waals surface area contributed by atoms with E-state index in [2.05, 4.69) is 40.9 Å². The molecule has 1 saturated heterocycles. The van der Waals surface area contributed by atoms with Gasteiger partial charge in [-0.2, -0.15) is 5.10 Å². The first kappa shape index (κ1) is 18.5. The lowest BCUT2D eigenvalue weighted by Gasteiger charge is -2.35. The van der Waals surface area contributed by atoms with Gasteiger partial charge in [0.15, 0.2) is 0 Å². The Labute approximate surface area is 154 Å². The number of rotatable bonds is 4. The summed E-state index contributed by atoms with van der Waals surface area (Å²) in [6.07, 6.45) is 4.97. The number of carbonyl (C=O) groups is 1. The van der Waals surface area contributed by atoms with E-state index in [1.165, 1.54) is 0 Å². The van der Waals surface area contributed by atoms with Crippen molar-refractivity contribution >= 4 is 5.91 Å². The van der Waals surface area contributed by atoms with Crippen LogP contribution in [0.5, 0.6) is 0 Å². The van der Waals surface area contributed by atoms with Gasteiger partial charge in [-0.05, 0) is 25.8 Å². The second-order valence-electron chi connectivity index (χ2n) is 7.77. The zero-order valence-corrected chi connectivity index (χ0v) is 16.0. The SMILES string of the molecule is Cc1nccnc1CCC1COCCN1C(=O)c1cc(C(C)(C)C)[nH]n1. The molecule has 2 aromatic rings. The molecular weight excluding hydrogens is 330 g/mol. The smallest absolute Gasteiger partial charge is 0.274 e. The van der Waals surface area contributed by atoms with E-state index in [1.807, 2.05) is 17.9 Å². The van der Waals surface area contributed by atoms with Crippen LogP contribution in [0, 0.1) is 6.92 Å². The summed E-state index contributed by atoms with van der Waals surface area (Å²) in [6, 6.07) is 1.88. The molecule has 1 aliphatic heterocycles. The van der Waals surface area contributed by atoms with Gasteiger partial charge in [-0.15, -0.1) is 0 Å². The number of carbonyl (C=O) groups excluding carboxylic acids is 1. The molecule has 0 saturated carbocycles. The van der Waals surface area contributed by atoms with E-state index < -0.39 is 0 Å². The van der Waals surface area contributed by atoms with Crippen molar-refractivity contribution in [3.63, 3.8) is 0 Å². The molecule has 7 nitrogen and oxygen atoms in total. The average Bonchev–Trinajstić information content (AvgIpc) is 3.11. The van der Waals surface area contributed by atoms with Gasteiger partial charge in [-0.25, -0.2) is 0 Å². The van der Waals surface area contributed by atoms with Gasteiger partial charge in [0.1, 0.15) is 5.69 Å². The molecular formula is C19H27N5O2. The highest BCUT2D eigenvalue weighted by molar-refractivity contribution is 5.92. The van der Waals surface area contributed by atoms with Crippen LogP contribution in [0.2, 0.25) is 0 Å². The first-order valence-corrected chi connectivity index (χ1v) is 9.07. The topological polar surface area (TPSA) is 84.0 Å². The van der Waals surface area contributed by atoms with Crippen molar-refractivity contribution in [2.24, 2.45) is 0 Å². The Kier molecular flexibility index (Phi) is 5.36. The Morgan fingerprint density at radius 3 is 2.81 bits per heavy atom. The number of nitrogens with one attached hydrogen (secondary N) is 1. The number of nitrogens with zero attached hydrogens (tertiary/aromatic N) is 4. The third kappa shape index (κ3) is 4.09. The summed E-state index contributed by atoms with van der Waals surface area (Å²) in [5.41, 5.74) is 3.27. The molecule has 3 rings (SSSR count). The third-order valence-electron chi connectivity index (χ3n) is 4.79. The summed E-state index contributed by atoms with van der Waals surface area (Å²) in [5.74, 6) is -0.0408. The molecule has 0 aromatic carbocycles. The fourth-order valence-corrected chi connectivity index (χ4v) is 3.11. The molecule has 1 N–H and O–H groups in total. The van der Waals surface area contributed by atoms with Gasteiger partial charge in [0.05, 0.1) is 30.6 Å². The van der Waals surface area contributed by atoms with Gasteiger partial charge < -0.3 is 9.64 Å². The van der Waals surface area contributed by atoms with Crippen molar-refractivity contribution < 1.29 is 9.53 Å². The Bertz CT molecular complexity index is 765. The largest absolute Gasteiger partial charge is 0.377 e. The summed E-state index contributed by atoms with van der Waals surface area (Å²) in [5, 5.41) is 7.24. The molecule has 2 aromatic heterocycles. The van der Waals surface area contributed by atoms with Gasteiger partial charge >= 0.3 is 0 Å². The first-order chi connectivity index (χ1) is 12.4. The van der Waals surface area contributed by atoms with Crippen molar-refractivity contribution in [2.45, 2.75) is 52.0 Å². The average molecular weight is 357 g/mol. The van der Waals surface area contributed by atoms with E-state index in [0.717, 1.165) is 29.9 Å². The number of hydrogen-bond acceptors (Lipinski definition) is 5. The molecule has 0 radical (unpaired) electrons. The molecule has 0 aliphatic carbocycles. The summed E-state index contributed by atoms with van der Waals surface area (Å²) in [6.45, 7) is 9.92. The van der Waals surface area contributed by atoms with Crippen molar-refractivity contribution in [1.29, 1.82) is 0 Å². The maximum atomic E-state index is 13.0. The van der Waals surface area contributed by atoms with Crippen LogP contribution >= 0.6 is 0 Å². The molecule has 1 amide bonds. The third-order valence-corrected chi connectivity index (χ3v) is 4.79. The lowest BCUT2D eigenvalue weighted by atomic mass is 9.92. The monoisotopic (exact) mass is 357 g/mol. The molecule has 1 aliphatic rings. The van der Waals surface area contributed by atoms with Crippen molar-refractivity contribution in [2.75, 3.05) is 19.8 Å². The highest BCUT2D eigenvalue weighted by Crippen LogP contribution is 2.22. The Balaban J connectivity index is 1.71. The van der Waals surface area contributed by atoms with Gasteiger partial charge in [-0.1, -0.05) is 20.8 Å². The van der Waals surface area contributed by atoms with E-state index in [-0.39, 0.29) is 17.4 Å². The molecule has 3 heterocycles. The van der Waals surface area contributed by atoms with Gasteiger partial charge in [0.25, 0.3) is 5.91 Å². The maximum absolute atomic E-state index is 13.0. The quantitative estimate of drug-likeness (QED) is 0.907. The minimum Gasteiger partial charge on any atom is -0.377 e. The van der Waals surface area contributed by atoms with Crippen LogP contribution in [-0.4, -0.2) is 56.8 Å². The molecule has 7 heteroatoms. The molecule has 1 unspecified atom stereocenters. The predicted octanol–water partition coefficient (Wildman–Crippen LogP) is 2.28. The number of hydrogen-bond donors (Lipinski definition) is 1. The lowest BCUT2D eigenvalue weighted by Crippen LogP contribution is -2.49. The normalized spacial score (nSPS) is 18.2. The Morgan fingerprint density at radius 2 is 2.12 bits per heavy atom. The fourth-order valence-electron chi connectivity index (χ4n) is 3.11. The molecule has 1 atom stereocenters. The van der Waals surface area contributed by atoms with E-state index in [0.29, 0.717) is 25.5 Å². The number of aromatic amines is 1. The highest BCUT2D eigenvalue weighted by atomic mass is 16.5. The van der Waals surface area contributed by atoms with E-state index >= 15 is 0 Å². The fraction of sp³-hybridized carbons (Fsp3) is 0.579. The molecule has 0 bridgehead atoms. The maximum Gasteiger partial charge on any atom is 0.274 e. The second-order valence-corrected chi connectivity index (χ2v) is 7.77. The number of morpholine rings is 1. The van der Waals surface area contributed by atoms with Crippen molar-refractivity contribution in [3.8, 4) is 0 Å². The molecule has 1 fully saturated rings. The van der Waals surface area contributed by atoms with Crippen LogP contribution in [0.25, 0.3) is 0 Å². The Hall–Kier alpha value is -2.28. The summed E-state index contributed by atoms with van der Waals surface area (Å²) < 4.78 is 5.62. The minimum absolute atomic E-state index is 0.0208. The van der Waals surface area contributed by atoms with Crippen LogP contribution in [-0.2, 0) is 16.6 Å². The van der Waals surface area contributed by atoms with Gasteiger partial charge in [-0.3, -0.25) is 19.9 Å². The first-order valence-electron chi connectivity index (χ1n) is 9.07. The van der Waals surface area contributed by atoms with E-state index in [9.17, 15) is 4.79 Å². The predicted molar refractivity (Wildman–Crippen MR) is 98.0 cm³/mol. The van der Waals surface area contributed by atoms with Crippen LogP contribution in [0.4, 0.5) is 0 Å². The summed E-state index contributed by atoms with van der Waals surface area (Å²) in [7, 11) is 0. The molecule has 26 heavy (non-hydrogen) atoms. The van der Waals surface area contributed by atoms with Crippen LogP contribution in [0.15, 0.2) is 18.5 Å². The Morgan fingerprint density at radius 1 is 1.35 bits per heavy atom. The van der Waals surface area contributed by atoms with Crippen LogP contribution in [0.1, 0.15) is 54.8 Å². The van der Waals surface area contributed by atoms with Crippen LogP contribution < -0.4 is 0 Å². The summed E-state index contributed by atoms with van der Waals surface area (Å²) >= 11 is 0.